The van der Waals surface area contributed by atoms with Crippen LogP contribution in [0.2, 0.25) is 0 Å². The molecule has 2 heterocycles. The van der Waals surface area contributed by atoms with Gasteiger partial charge < -0.3 is 9.80 Å². The van der Waals surface area contributed by atoms with E-state index in [4.69, 9.17) is 0 Å². The van der Waals surface area contributed by atoms with Gasteiger partial charge in [0.05, 0.1) is 5.92 Å². The van der Waals surface area contributed by atoms with E-state index in [9.17, 15) is 9.59 Å². The summed E-state index contributed by atoms with van der Waals surface area (Å²) in [5.41, 5.74) is 3.34. The van der Waals surface area contributed by atoms with Crippen LogP contribution in [0.4, 0.5) is 0 Å². The average molecular weight is 406 g/mol. The van der Waals surface area contributed by atoms with Crippen LogP contribution in [0.25, 0.3) is 11.1 Å². The van der Waals surface area contributed by atoms with Crippen molar-refractivity contribution in [3.8, 4) is 11.1 Å². The van der Waals surface area contributed by atoms with E-state index in [2.05, 4.69) is 35.8 Å². The molecule has 0 aliphatic carbocycles. The molecule has 0 N–H and O–H groups in total. The molecule has 30 heavy (non-hydrogen) atoms. The maximum absolute atomic E-state index is 13.2. The van der Waals surface area contributed by atoms with Gasteiger partial charge in [-0.2, -0.15) is 0 Å². The third-order valence-electron chi connectivity index (χ3n) is 5.48. The fraction of sp³-hybridized carbons (Fsp3) is 0.400. The average Bonchev–Trinajstić information content (AvgIpc) is 2.89. The fourth-order valence-corrected chi connectivity index (χ4v) is 3.90. The highest BCUT2D eigenvalue weighted by atomic mass is 16.2. The normalized spacial score (nSPS) is 17.2. The van der Waals surface area contributed by atoms with Gasteiger partial charge in [0, 0.05) is 45.0 Å². The Kier molecular flexibility index (Phi) is 7.39. The molecule has 0 radical (unpaired) electrons. The monoisotopic (exact) mass is 405 g/mol. The van der Waals surface area contributed by atoms with E-state index in [1.54, 1.807) is 18.5 Å². The van der Waals surface area contributed by atoms with Crippen LogP contribution in [0.1, 0.15) is 25.8 Å². The summed E-state index contributed by atoms with van der Waals surface area (Å²) in [5, 5.41) is 0. The zero-order chi connectivity index (χ0) is 21.5. The summed E-state index contributed by atoms with van der Waals surface area (Å²) in [6.07, 6.45) is 6.45. The minimum atomic E-state index is -0.240. The van der Waals surface area contributed by atoms with E-state index >= 15 is 0 Å². The lowest BCUT2D eigenvalue weighted by molar-refractivity contribution is -0.134. The first-order chi connectivity index (χ1) is 14.5. The highest BCUT2D eigenvalue weighted by molar-refractivity contribution is 5.82. The van der Waals surface area contributed by atoms with Crippen LogP contribution < -0.4 is 0 Å². The molecule has 1 aromatic carbocycles. The first-order valence-electron chi connectivity index (χ1n) is 10.6. The molecule has 0 bridgehead atoms. The number of rotatable bonds is 7. The molecule has 0 unspecified atom stereocenters. The van der Waals surface area contributed by atoms with Gasteiger partial charge in [-0.1, -0.05) is 44.2 Å². The minimum absolute atomic E-state index is 0.105. The van der Waals surface area contributed by atoms with E-state index in [1.807, 2.05) is 35.8 Å². The molecule has 2 amide bonds. The Labute approximate surface area is 179 Å². The lowest BCUT2D eigenvalue weighted by Gasteiger charge is -2.24. The Bertz CT molecular complexity index is 862. The second-order valence-corrected chi connectivity index (χ2v) is 8.34. The topological polar surface area (TPSA) is 53.5 Å². The van der Waals surface area contributed by atoms with E-state index < -0.39 is 0 Å². The summed E-state index contributed by atoms with van der Waals surface area (Å²) < 4.78 is 0. The van der Waals surface area contributed by atoms with Crippen LogP contribution in [-0.2, 0) is 16.0 Å². The molecular formula is C25H31N3O2. The molecule has 1 aliphatic rings. The second kappa shape index (κ2) is 10.2. The van der Waals surface area contributed by atoms with Crippen LogP contribution in [0.3, 0.4) is 0 Å². The number of carbonyl (C=O) groups excluding carboxylic acids is 2. The van der Waals surface area contributed by atoms with Gasteiger partial charge in [0.1, 0.15) is 0 Å². The third kappa shape index (κ3) is 5.56. The summed E-state index contributed by atoms with van der Waals surface area (Å²) in [5.74, 6) is 0.305. The first-order valence-corrected chi connectivity index (χ1v) is 10.6. The molecule has 158 valence electrons. The van der Waals surface area contributed by atoms with Crippen LogP contribution >= 0.6 is 0 Å². The van der Waals surface area contributed by atoms with Crippen molar-refractivity contribution in [3.63, 3.8) is 0 Å². The maximum atomic E-state index is 13.2. The van der Waals surface area contributed by atoms with E-state index in [-0.39, 0.29) is 17.7 Å². The largest absolute Gasteiger partial charge is 0.340 e. The number of hydrogen-bond donors (Lipinski definition) is 0. The molecule has 2 aromatic rings. The smallest absolute Gasteiger partial charge is 0.228 e. The van der Waals surface area contributed by atoms with Crippen LogP contribution in [0, 0.1) is 11.8 Å². The van der Waals surface area contributed by atoms with Crippen molar-refractivity contribution in [1.29, 1.82) is 0 Å². The lowest BCUT2D eigenvalue weighted by atomic mass is 9.95. The predicted octanol–water partition coefficient (Wildman–Crippen LogP) is 3.81. The third-order valence-corrected chi connectivity index (χ3v) is 5.48. The SMILES string of the molecule is C=CCN1CCN(C(=O)CC(C)C)C[C@H](Cc2ccc(-c3ccncc3)cc2)C1=O. The summed E-state index contributed by atoms with van der Waals surface area (Å²) in [4.78, 5) is 33.6. The predicted molar refractivity (Wildman–Crippen MR) is 120 cm³/mol. The zero-order valence-corrected chi connectivity index (χ0v) is 18.0. The molecule has 1 aliphatic heterocycles. The number of amides is 2. The molecule has 1 saturated heterocycles. The quantitative estimate of drug-likeness (QED) is 0.658. The zero-order valence-electron chi connectivity index (χ0n) is 18.0. The maximum Gasteiger partial charge on any atom is 0.228 e. The second-order valence-electron chi connectivity index (χ2n) is 8.34. The summed E-state index contributed by atoms with van der Waals surface area (Å²) in [6, 6.07) is 12.3. The van der Waals surface area contributed by atoms with Gasteiger partial charge in [-0.25, -0.2) is 0 Å². The minimum Gasteiger partial charge on any atom is -0.340 e. The highest BCUT2D eigenvalue weighted by Gasteiger charge is 2.31. The number of pyridine rings is 1. The summed E-state index contributed by atoms with van der Waals surface area (Å²) >= 11 is 0. The van der Waals surface area contributed by atoms with Crippen molar-refractivity contribution in [2.24, 2.45) is 11.8 Å². The Morgan fingerprint density at radius 3 is 2.43 bits per heavy atom. The Morgan fingerprint density at radius 1 is 1.13 bits per heavy atom. The van der Waals surface area contributed by atoms with Crippen molar-refractivity contribution >= 4 is 11.8 Å². The Morgan fingerprint density at radius 2 is 1.80 bits per heavy atom. The van der Waals surface area contributed by atoms with E-state index in [0.717, 1.165) is 16.7 Å². The molecular weight excluding hydrogens is 374 g/mol. The van der Waals surface area contributed by atoms with E-state index in [1.165, 1.54) is 0 Å². The van der Waals surface area contributed by atoms with Gasteiger partial charge in [0.25, 0.3) is 0 Å². The summed E-state index contributed by atoms with van der Waals surface area (Å²) in [6.45, 7) is 10.0. The molecule has 5 heteroatoms. The number of benzene rings is 1. The van der Waals surface area contributed by atoms with Crippen molar-refractivity contribution in [2.75, 3.05) is 26.2 Å². The molecule has 0 saturated carbocycles. The molecule has 0 spiro atoms. The van der Waals surface area contributed by atoms with Crippen LogP contribution in [0.5, 0.6) is 0 Å². The molecule has 3 rings (SSSR count). The van der Waals surface area contributed by atoms with Crippen LogP contribution in [-0.4, -0.2) is 52.8 Å². The fourth-order valence-electron chi connectivity index (χ4n) is 3.90. The molecule has 1 fully saturated rings. The lowest BCUT2D eigenvalue weighted by Crippen LogP contribution is -2.38. The van der Waals surface area contributed by atoms with Gasteiger partial charge in [-0.05, 0) is 41.2 Å². The number of carbonyl (C=O) groups is 2. The molecule has 5 nitrogen and oxygen atoms in total. The van der Waals surface area contributed by atoms with Crippen molar-refractivity contribution in [1.82, 2.24) is 14.8 Å². The number of aromatic nitrogens is 1. The number of nitrogens with zero attached hydrogens (tertiary/aromatic N) is 3. The van der Waals surface area contributed by atoms with Gasteiger partial charge in [0.15, 0.2) is 0 Å². The van der Waals surface area contributed by atoms with Crippen molar-refractivity contribution in [2.45, 2.75) is 26.7 Å². The van der Waals surface area contributed by atoms with Gasteiger partial charge in [-0.15, -0.1) is 6.58 Å². The van der Waals surface area contributed by atoms with E-state index in [0.29, 0.717) is 44.9 Å². The Hall–Kier alpha value is -2.95. The van der Waals surface area contributed by atoms with Crippen molar-refractivity contribution < 1.29 is 9.59 Å². The number of hydrogen-bond acceptors (Lipinski definition) is 3. The standard InChI is InChI=1S/C25H31N3O2/c1-4-13-27-14-15-28(24(29)16-19(2)3)18-23(25(27)30)17-20-5-7-21(8-6-20)22-9-11-26-12-10-22/h4-12,19,23H,1,13-18H2,2-3H3/t23-/m0/s1. The van der Waals surface area contributed by atoms with Crippen molar-refractivity contribution in [3.05, 3.63) is 67.0 Å². The molecule has 1 atom stereocenters. The highest BCUT2D eigenvalue weighted by Crippen LogP contribution is 2.22. The van der Waals surface area contributed by atoms with Gasteiger partial charge in [-0.3, -0.25) is 14.6 Å². The van der Waals surface area contributed by atoms with Crippen LogP contribution in [0.15, 0.2) is 61.4 Å². The van der Waals surface area contributed by atoms with Gasteiger partial charge in [0.2, 0.25) is 11.8 Å². The molecule has 1 aromatic heterocycles. The summed E-state index contributed by atoms with van der Waals surface area (Å²) in [7, 11) is 0. The Balaban J connectivity index is 1.77. The van der Waals surface area contributed by atoms with Gasteiger partial charge >= 0.3 is 0 Å². The first kappa shape index (κ1) is 21.8.